The highest BCUT2D eigenvalue weighted by Gasteiger charge is 2.26. The minimum Gasteiger partial charge on any atom is -0.488 e. The van der Waals surface area contributed by atoms with E-state index in [1.54, 1.807) is 4.90 Å². The number of carbonyl (C=O) groups excluding carboxylic acids is 1. The molecule has 2 rings (SSSR count). The first kappa shape index (κ1) is 19.1. The molecule has 0 aromatic heterocycles. The molecule has 0 radical (unpaired) electrons. The minimum absolute atomic E-state index is 0.00664. The minimum atomic E-state index is -0.721. The van der Waals surface area contributed by atoms with Gasteiger partial charge in [-0.05, 0) is 25.6 Å². The van der Waals surface area contributed by atoms with E-state index >= 15 is 0 Å². The van der Waals surface area contributed by atoms with Gasteiger partial charge in [0.25, 0.3) is 5.69 Å². The molecule has 0 bridgehead atoms. The van der Waals surface area contributed by atoms with Crippen molar-refractivity contribution in [2.45, 2.75) is 32.8 Å². The van der Waals surface area contributed by atoms with Crippen LogP contribution < -0.4 is 9.64 Å². The van der Waals surface area contributed by atoms with Crippen LogP contribution in [0, 0.1) is 10.1 Å². The molecule has 0 spiro atoms. The number of hydrogen-bond donors (Lipinski definition) is 1. The van der Waals surface area contributed by atoms with Crippen LogP contribution in [-0.4, -0.2) is 59.7 Å². The SMILES string of the molecule is CCN(CC)CC(O)COc1cc([N+](=O)[O-])ccc1N1CCCC1=O. The van der Waals surface area contributed by atoms with Crippen molar-refractivity contribution in [2.75, 3.05) is 37.7 Å². The summed E-state index contributed by atoms with van der Waals surface area (Å²) >= 11 is 0. The van der Waals surface area contributed by atoms with E-state index in [9.17, 15) is 20.0 Å². The molecule has 1 saturated heterocycles. The monoisotopic (exact) mass is 351 g/mol. The fourth-order valence-electron chi connectivity index (χ4n) is 2.88. The lowest BCUT2D eigenvalue weighted by Crippen LogP contribution is -2.35. The maximum atomic E-state index is 12.0. The highest BCUT2D eigenvalue weighted by molar-refractivity contribution is 5.96. The Morgan fingerprint density at radius 1 is 1.40 bits per heavy atom. The van der Waals surface area contributed by atoms with Gasteiger partial charge in [0, 0.05) is 25.6 Å². The molecule has 8 nitrogen and oxygen atoms in total. The topological polar surface area (TPSA) is 96.2 Å². The molecule has 1 aromatic carbocycles. The van der Waals surface area contributed by atoms with Crippen molar-refractivity contribution in [3.63, 3.8) is 0 Å². The van der Waals surface area contributed by atoms with Crippen LogP contribution in [0.3, 0.4) is 0 Å². The van der Waals surface area contributed by atoms with Gasteiger partial charge in [0.2, 0.25) is 5.91 Å². The maximum Gasteiger partial charge on any atom is 0.273 e. The van der Waals surface area contributed by atoms with E-state index in [-0.39, 0.29) is 24.0 Å². The standard InChI is InChI=1S/C17H25N3O5/c1-3-18(4-2)11-14(21)12-25-16-10-13(20(23)24)7-8-15(16)19-9-5-6-17(19)22/h7-8,10,14,21H,3-6,9,11-12H2,1-2H3. The number of nitrogens with zero attached hydrogens (tertiary/aromatic N) is 3. The van der Waals surface area contributed by atoms with E-state index in [1.807, 2.05) is 13.8 Å². The molecule has 8 heteroatoms. The lowest BCUT2D eigenvalue weighted by molar-refractivity contribution is -0.384. The van der Waals surface area contributed by atoms with E-state index in [0.717, 1.165) is 19.5 Å². The zero-order valence-corrected chi connectivity index (χ0v) is 14.7. The number of aliphatic hydroxyl groups is 1. The highest BCUT2D eigenvalue weighted by atomic mass is 16.6. The normalized spacial score (nSPS) is 15.7. The van der Waals surface area contributed by atoms with Crippen LogP contribution in [0.15, 0.2) is 18.2 Å². The Labute approximate surface area is 147 Å². The van der Waals surface area contributed by atoms with Crippen LogP contribution in [0.5, 0.6) is 5.75 Å². The summed E-state index contributed by atoms with van der Waals surface area (Å²) in [6, 6.07) is 4.21. The molecule has 1 heterocycles. The predicted octanol–water partition coefficient (Wildman–Crippen LogP) is 1.80. The van der Waals surface area contributed by atoms with Crippen molar-refractivity contribution < 1.29 is 19.6 Å². The zero-order valence-electron chi connectivity index (χ0n) is 14.7. The molecule has 1 unspecified atom stereocenters. The van der Waals surface area contributed by atoms with Crippen molar-refractivity contribution in [3.8, 4) is 5.75 Å². The van der Waals surface area contributed by atoms with Crippen LogP contribution in [0.1, 0.15) is 26.7 Å². The lowest BCUT2D eigenvalue weighted by atomic mass is 10.2. The van der Waals surface area contributed by atoms with Crippen LogP contribution in [0.25, 0.3) is 0 Å². The van der Waals surface area contributed by atoms with Crippen molar-refractivity contribution >= 4 is 17.3 Å². The summed E-state index contributed by atoms with van der Waals surface area (Å²) in [6.45, 7) is 6.68. The van der Waals surface area contributed by atoms with Gasteiger partial charge < -0.3 is 19.6 Å². The van der Waals surface area contributed by atoms with Crippen molar-refractivity contribution in [1.82, 2.24) is 4.90 Å². The van der Waals surface area contributed by atoms with E-state index < -0.39 is 11.0 Å². The molecule has 25 heavy (non-hydrogen) atoms. The van der Waals surface area contributed by atoms with Crippen LogP contribution in [0.2, 0.25) is 0 Å². The van der Waals surface area contributed by atoms with Crippen LogP contribution in [-0.2, 0) is 4.79 Å². The average Bonchev–Trinajstić information content (AvgIpc) is 3.03. The number of likely N-dealkylation sites (N-methyl/N-ethyl adjacent to an activating group) is 1. The van der Waals surface area contributed by atoms with Gasteiger partial charge in [0.1, 0.15) is 18.5 Å². The second-order valence-electron chi connectivity index (χ2n) is 6.01. The van der Waals surface area contributed by atoms with Crippen molar-refractivity contribution in [1.29, 1.82) is 0 Å². The van der Waals surface area contributed by atoms with Gasteiger partial charge in [-0.2, -0.15) is 0 Å². The van der Waals surface area contributed by atoms with Crippen LogP contribution in [0.4, 0.5) is 11.4 Å². The molecule has 1 fully saturated rings. The van der Waals surface area contributed by atoms with E-state index in [4.69, 9.17) is 4.74 Å². The Morgan fingerprint density at radius 2 is 2.12 bits per heavy atom. The number of rotatable bonds is 9. The first-order chi connectivity index (χ1) is 12.0. The first-order valence-corrected chi connectivity index (χ1v) is 8.58. The molecule has 1 atom stereocenters. The van der Waals surface area contributed by atoms with Gasteiger partial charge >= 0.3 is 0 Å². The highest BCUT2D eigenvalue weighted by Crippen LogP contribution is 2.34. The largest absolute Gasteiger partial charge is 0.488 e. The molecule has 1 aliphatic rings. The quantitative estimate of drug-likeness (QED) is 0.538. The van der Waals surface area contributed by atoms with Crippen molar-refractivity contribution in [3.05, 3.63) is 28.3 Å². The number of ether oxygens (including phenoxy) is 1. The third kappa shape index (κ3) is 4.90. The predicted molar refractivity (Wildman–Crippen MR) is 94.0 cm³/mol. The smallest absolute Gasteiger partial charge is 0.273 e. The van der Waals surface area contributed by atoms with Gasteiger partial charge in [-0.15, -0.1) is 0 Å². The maximum absolute atomic E-state index is 12.0. The number of amides is 1. The summed E-state index contributed by atoms with van der Waals surface area (Å²) < 4.78 is 5.67. The summed E-state index contributed by atoms with van der Waals surface area (Å²) in [6.07, 6.45) is 0.488. The Bertz CT molecular complexity index is 618. The Balaban J connectivity index is 2.14. The molecular formula is C17H25N3O5. The van der Waals surface area contributed by atoms with Gasteiger partial charge in [-0.1, -0.05) is 13.8 Å². The summed E-state index contributed by atoms with van der Waals surface area (Å²) in [5, 5.41) is 21.2. The van der Waals surface area contributed by atoms with Gasteiger partial charge in [-0.25, -0.2) is 0 Å². The lowest BCUT2D eigenvalue weighted by Gasteiger charge is -2.23. The fourth-order valence-corrected chi connectivity index (χ4v) is 2.88. The molecule has 0 aliphatic carbocycles. The number of hydrogen-bond acceptors (Lipinski definition) is 6. The molecular weight excluding hydrogens is 326 g/mol. The Hall–Kier alpha value is -2.19. The van der Waals surface area contributed by atoms with Gasteiger partial charge in [0.05, 0.1) is 16.7 Å². The first-order valence-electron chi connectivity index (χ1n) is 8.58. The number of anilines is 1. The summed E-state index contributed by atoms with van der Waals surface area (Å²) in [4.78, 5) is 26.1. The molecule has 1 aliphatic heterocycles. The average molecular weight is 351 g/mol. The second-order valence-corrected chi connectivity index (χ2v) is 6.01. The number of benzene rings is 1. The van der Waals surface area contributed by atoms with Gasteiger partial charge in [-0.3, -0.25) is 14.9 Å². The fraction of sp³-hybridized carbons (Fsp3) is 0.588. The zero-order chi connectivity index (χ0) is 18.4. The molecule has 1 amide bonds. The molecule has 138 valence electrons. The summed E-state index contributed by atoms with van der Waals surface area (Å²) in [5.41, 5.74) is 0.409. The number of non-ortho nitro benzene ring substituents is 1. The number of carbonyl (C=O) groups is 1. The third-order valence-corrected chi connectivity index (χ3v) is 4.31. The van der Waals surface area contributed by atoms with E-state index in [2.05, 4.69) is 4.90 Å². The van der Waals surface area contributed by atoms with E-state index in [1.165, 1.54) is 18.2 Å². The molecule has 0 saturated carbocycles. The number of nitro benzene ring substituents is 1. The third-order valence-electron chi connectivity index (χ3n) is 4.31. The van der Waals surface area contributed by atoms with E-state index in [0.29, 0.717) is 25.2 Å². The summed E-state index contributed by atoms with van der Waals surface area (Å²) in [7, 11) is 0. The molecule has 1 aromatic rings. The number of aliphatic hydroxyl groups excluding tert-OH is 1. The summed E-state index contributed by atoms with van der Waals surface area (Å²) in [5.74, 6) is 0.227. The second kappa shape index (κ2) is 8.77. The molecule has 1 N–H and O–H groups in total. The van der Waals surface area contributed by atoms with Crippen molar-refractivity contribution in [2.24, 2.45) is 0 Å². The Kier molecular flexibility index (Phi) is 6.72. The number of nitro groups is 1. The Morgan fingerprint density at radius 3 is 2.68 bits per heavy atom. The van der Waals surface area contributed by atoms with Gasteiger partial charge in [0.15, 0.2) is 0 Å². The van der Waals surface area contributed by atoms with Crippen LogP contribution >= 0.6 is 0 Å².